The van der Waals surface area contributed by atoms with Crippen LogP contribution < -0.4 is 0 Å². The van der Waals surface area contributed by atoms with Gasteiger partial charge in [-0.2, -0.15) is 0 Å². The Hall–Kier alpha value is -2.01. The minimum absolute atomic E-state index is 0.149. The van der Waals surface area contributed by atoms with Gasteiger partial charge in [0.05, 0.1) is 22.4 Å². The summed E-state index contributed by atoms with van der Waals surface area (Å²) >= 11 is 12.3. The molecule has 1 atom stereocenters. The van der Waals surface area contributed by atoms with Crippen molar-refractivity contribution in [3.63, 3.8) is 0 Å². The van der Waals surface area contributed by atoms with E-state index in [0.717, 1.165) is 22.6 Å². The lowest BCUT2D eigenvalue weighted by atomic mass is 10.00. The second-order valence-electron chi connectivity index (χ2n) is 7.21. The summed E-state index contributed by atoms with van der Waals surface area (Å²) in [7, 11) is 0. The minimum Gasteiger partial charge on any atom is -0.508 e. The molecule has 3 rings (SSSR count). The van der Waals surface area contributed by atoms with Gasteiger partial charge in [0, 0.05) is 10.9 Å². The summed E-state index contributed by atoms with van der Waals surface area (Å²) in [5, 5.41) is 21.2. The number of phenols is 1. The van der Waals surface area contributed by atoms with Crippen LogP contribution in [-0.2, 0) is 6.42 Å². The second kappa shape index (κ2) is 8.56. The van der Waals surface area contributed by atoms with Crippen molar-refractivity contribution in [1.82, 2.24) is 4.98 Å². The van der Waals surface area contributed by atoms with Crippen molar-refractivity contribution in [2.24, 2.45) is 0 Å². The zero-order valence-electron chi connectivity index (χ0n) is 16.0. The number of oxazole rings is 1. The quantitative estimate of drug-likeness (QED) is 0.481. The van der Waals surface area contributed by atoms with E-state index in [9.17, 15) is 10.2 Å². The number of aliphatic hydroxyl groups is 1. The Bertz CT molecular complexity index is 982. The summed E-state index contributed by atoms with van der Waals surface area (Å²) in [4.78, 5) is 4.64. The number of nitrogens with zero attached hydrogens (tertiary/aromatic N) is 1. The molecular weight excluding hydrogens is 397 g/mol. The Morgan fingerprint density at radius 3 is 2.50 bits per heavy atom. The van der Waals surface area contributed by atoms with Gasteiger partial charge in [-0.15, -0.1) is 0 Å². The molecule has 148 valence electrons. The molecule has 1 aromatic heterocycles. The summed E-state index contributed by atoms with van der Waals surface area (Å²) in [6.07, 6.45) is 0.395. The van der Waals surface area contributed by atoms with E-state index in [4.69, 9.17) is 27.6 Å². The molecule has 0 aliphatic heterocycles. The fraction of sp³-hybridized carbons (Fsp3) is 0.318. The number of hydrogen-bond donors (Lipinski definition) is 2. The molecular formula is C22H23Cl2NO3. The van der Waals surface area contributed by atoms with Gasteiger partial charge in [0.2, 0.25) is 5.89 Å². The topological polar surface area (TPSA) is 66.5 Å². The Balaban J connectivity index is 1.83. The van der Waals surface area contributed by atoms with Crippen LogP contribution in [0.3, 0.4) is 0 Å². The summed E-state index contributed by atoms with van der Waals surface area (Å²) in [6, 6.07) is 10.3. The number of aryl methyl sites for hydroxylation is 2. The minimum atomic E-state index is -0.654. The number of halogens is 2. The number of aliphatic hydroxyl groups excluding tert-OH is 1. The summed E-state index contributed by atoms with van der Waals surface area (Å²) in [5.74, 6) is 1.61. The highest BCUT2D eigenvalue weighted by Crippen LogP contribution is 2.34. The molecule has 0 aliphatic rings. The number of aromatic nitrogens is 1. The first-order valence-corrected chi connectivity index (χ1v) is 9.94. The van der Waals surface area contributed by atoms with Crippen LogP contribution in [0.1, 0.15) is 54.9 Å². The smallest absolute Gasteiger partial charge is 0.228 e. The SMILES string of the molecule is Cc1cc(C(O)CCc2nc(-c3ccc(Cl)cc3Cl)oc2C(C)C)ccc1O. The van der Waals surface area contributed by atoms with Crippen LogP contribution in [0, 0.1) is 6.92 Å². The number of rotatable bonds is 6. The van der Waals surface area contributed by atoms with Gasteiger partial charge in [-0.05, 0) is 61.2 Å². The summed E-state index contributed by atoms with van der Waals surface area (Å²) < 4.78 is 6.00. The van der Waals surface area contributed by atoms with Crippen molar-refractivity contribution in [2.75, 3.05) is 0 Å². The molecule has 3 aromatic rings. The third-order valence-electron chi connectivity index (χ3n) is 4.67. The lowest BCUT2D eigenvalue weighted by Gasteiger charge is -2.12. The standard InChI is InChI=1S/C22H23Cl2NO3/c1-12(2)21-18(7-9-20(27)14-4-8-19(26)13(3)10-14)25-22(28-21)16-6-5-15(23)11-17(16)24/h4-6,8,10-12,20,26-27H,7,9H2,1-3H3. The van der Waals surface area contributed by atoms with Crippen LogP contribution in [0.2, 0.25) is 10.0 Å². The zero-order chi connectivity index (χ0) is 20.4. The van der Waals surface area contributed by atoms with E-state index in [0.29, 0.717) is 34.3 Å². The van der Waals surface area contributed by atoms with E-state index < -0.39 is 6.10 Å². The van der Waals surface area contributed by atoms with Crippen molar-refractivity contribution in [3.05, 3.63) is 69.0 Å². The molecule has 0 bridgehead atoms. The summed E-state index contributed by atoms with van der Waals surface area (Å²) in [6.45, 7) is 5.89. The normalized spacial score (nSPS) is 12.5. The average Bonchev–Trinajstić information content (AvgIpc) is 3.06. The Labute approximate surface area is 174 Å². The van der Waals surface area contributed by atoms with Gasteiger partial charge >= 0.3 is 0 Å². The maximum absolute atomic E-state index is 10.5. The van der Waals surface area contributed by atoms with E-state index in [-0.39, 0.29) is 11.7 Å². The zero-order valence-corrected chi connectivity index (χ0v) is 17.6. The van der Waals surface area contributed by atoms with Crippen molar-refractivity contribution in [2.45, 2.75) is 45.6 Å². The van der Waals surface area contributed by atoms with Crippen LogP contribution in [0.5, 0.6) is 5.75 Å². The number of benzene rings is 2. The number of hydrogen-bond acceptors (Lipinski definition) is 4. The molecule has 0 amide bonds. The fourth-order valence-corrected chi connectivity index (χ4v) is 3.59. The molecule has 6 heteroatoms. The van der Waals surface area contributed by atoms with Gasteiger partial charge in [0.15, 0.2) is 0 Å². The molecule has 4 nitrogen and oxygen atoms in total. The van der Waals surface area contributed by atoms with Gasteiger partial charge in [0.1, 0.15) is 11.5 Å². The molecule has 28 heavy (non-hydrogen) atoms. The molecule has 0 saturated heterocycles. The Kier molecular flexibility index (Phi) is 6.33. The van der Waals surface area contributed by atoms with Crippen LogP contribution in [0.25, 0.3) is 11.5 Å². The van der Waals surface area contributed by atoms with E-state index >= 15 is 0 Å². The van der Waals surface area contributed by atoms with Gasteiger partial charge in [-0.1, -0.05) is 43.1 Å². The molecule has 2 N–H and O–H groups in total. The lowest BCUT2D eigenvalue weighted by molar-refractivity contribution is 0.167. The highest BCUT2D eigenvalue weighted by atomic mass is 35.5. The molecule has 1 heterocycles. The van der Waals surface area contributed by atoms with Crippen LogP contribution in [0.4, 0.5) is 0 Å². The molecule has 2 aromatic carbocycles. The Morgan fingerprint density at radius 2 is 1.86 bits per heavy atom. The highest BCUT2D eigenvalue weighted by molar-refractivity contribution is 6.36. The van der Waals surface area contributed by atoms with Crippen molar-refractivity contribution in [3.8, 4) is 17.2 Å². The van der Waals surface area contributed by atoms with Crippen LogP contribution >= 0.6 is 23.2 Å². The van der Waals surface area contributed by atoms with E-state index in [1.807, 2.05) is 20.8 Å². The molecule has 0 fully saturated rings. The molecule has 0 aliphatic carbocycles. The second-order valence-corrected chi connectivity index (χ2v) is 8.05. The fourth-order valence-electron chi connectivity index (χ4n) is 3.10. The molecule has 0 saturated carbocycles. The van der Waals surface area contributed by atoms with Crippen molar-refractivity contribution >= 4 is 23.2 Å². The molecule has 0 spiro atoms. The first-order valence-electron chi connectivity index (χ1n) is 9.19. The predicted molar refractivity (Wildman–Crippen MR) is 112 cm³/mol. The van der Waals surface area contributed by atoms with Gasteiger partial charge < -0.3 is 14.6 Å². The highest BCUT2D eigenvalue weighted by Gasteiger charge is 2.20. The van der Waals surface area contributed by atoms with Gasteiger partial charge in [-0.25, -0.2) is 4.98 Å². The maximum Gasteiger partial charge on any atom is 0.228 e. The van der Waals surface area contributed by atoms with Gasteiger partial charge in [-0.3, -0.25) is 0 Å². The number of phenolic OH excluding ortho intramolecular Hbond substituents is 1. The predicted octanol–water partition coefficient (Wildman–Crippen LogP) is 6.45. The first kappa shape index (κ1) is 20.7. The first-order chi connectivity index (χ1) is 13.3. The number of aromatic hydroxyl groups is 1. The third kappa shape index (κ3) is 4.52. The Morgan fingerprint density at radius 1 is 1.11 bits per heavy atom. The lowest BCUT2D eigenvalue weighted by Crippen LogP contribution is -2.02. The van der Waals surface area contributed by atoms with Crippen LogP contribution in [-0.4, -0.2) is 15.2 Å². The maximum atomic E-state index is 10.5. The van der Waals surface area contributed by atoms with E-state index in [1.165, 1.54) is 0 Å². The monoisotopic (exact) mass is 419 g/mol. The summed E-state index contributed by atoms with van der Waals surface area (Å²) in [5.41, 5.74) is 3.01. The van der Waals surface area contributed by atoms with E-state index in [2.05, 4.69) is 4.98 Å². The van der Waals surface area contributed by atoms with Crippen molar-refractivity contribution in [1.29, 1.82) is 0 Å². The van der Waals surface area contributed by atoms with Crippen LogP contribution in [0.15, 0.2) is 40.8 Å². The third-order valence-corrected chi connectivity index (χ3v) is 5.22. The average molecular weight is 420 g/mol. The van der Waals surface area contributed by atoms with Gasteiger partial charge in [0.25, 0.3) is 0 Å². The molecule has 1 unspecified atom stereocenters. The molecule has 0 radical (unpaired) electrons. The largest absolute Gasteiger partial charge is 0.508 e. The van der Waals surface area contributed by atoms with E-state index in [1.54, 1.807) is 36.4 Å². The van der Waals surface area contributed by atoms with Crippen molar-refractivity contribution < 1.29 is 14.6 Å².